The van der Waals surface area contributed by atoms with Gasteiger partial charge in [0, 0.05) is 60.3 Å². The van der Waals surface area contributed by atoms with Gasteiger partial charge in [0.2, 0.25) is 0 Å². The Morgan fingerprint density at radius 2 is 1.84 bits per heavy atom. The van der Waals surface area contributed by atoms with E-state index in [9.17, 15) is 14.4 Å². The van der Waals surface area contributed by atoms with Gasteiger partial charge < -0.3 is 14.1 Å². The number of amides is 1. The second kappa shape index (κ2) is 9.77. The number of nitrogens with zero attached hydrogens (tertiary/aromatic N) is 2. The summed E-state index contributed by atoms with van der Waals surface area (Å²) >= 11 is 12.0. The number of H-pyrrole nitrogens is 1. The summed E-state index contributed by atoms with van der Waals surface area (Å²) in [6.45, 7) is 2.99. The third-order valence-corrected chi connectivity index (χ3v) is 5.98. The summed E-state index contributed by atoms with van der Waals surface area (Å²) in [7, 11) is 0. The molecule has 0 spiro atoms. The number of Topliss-reactive ketones (excluding diaryl/α,β-unsaturated/α-hetero) is 1. The third kappa shape index (κ3) is 5.32. The van der Waals surface area contributed by atoms with E-state index in [2.05, 4.69) is 9.88 Å². The zero-order valence-electron chi connectivity index (χ0n) is 17.1. The normalized spacial score (nSPS) is 14.6. The van der Waals surface area contributed by atoms with E-state index >= 15 is 0 Å². The van der Waals surface area contributed by atoms with Gasteiger partial charge in [-0.05, 0) is 30.3 Å². The standard InChI is InChI=1S/C22H21Cl2N3O5/c23-16-3-1-15(17(24)12-16)13-31-22(30)27-9-7-26(8-10-27)6-5-19(28)14-2-4-18-20(11-14)32-21(29)25-18/h1-4,11-12H,5-10,13H2,(H,25,29). The molecule has 0 bridgehead atoms. The number of aromatic nitrogens is 1. The van der Waals surface area contributed by atoms with Crippen LogP contribution in [0, 0.1) is 0 Å². The van der Waals surface area contributed by atoms with E-state index in [4.69, 9.17) is 32.4 Å². The Morgan fingerprint density at radius 3 is 2.59 bits per heavy atom. The van der Waals surface area contributed by atoms with Gasteiger partial charge in [0.15, 0.2) is 11.4 Å². The Kier molecular flexibility index (Phi) is 6.83. The van der Waals surface area contributed by atoms with Gasteiger partial charge in [0.25, 0.3) is 0 Å². The Labute approximate surface area is 193 Å². The van der Waals surface area contributed by atoms with Crippen molar-refractivity contribution in [1.82, 2.24) is 14.8 Å². The number of ether oxygens (including phenoxy) is 1. The molecule has 1 amide bonds. The van der Waals surface area contributed by atoms with Crippen LogP contribution in [0.25, 0.3) is 11.1 Å². The van der Waals surface area contributed by atoms with E-state index in [1.165, 1.54) is 0 Å². The van der Waals surface area contributed by atoms with E-state index in [1.807, 2.05) is 0 Å². The van der Waals surface area contributed by atoms with Crippen LogP contribution >= 0.6 is 23.2 Å². The summed E-state index contributed by atoms with van der Waals surface area (Å²) in [6, 6.07) is 9.96. The van der Waals surface area contributed by atoms with Crippen LogP contribution in [0.15, 0.2) is 45.6 Å². The lowest BCUT2D eigenvalue weighted by atomic mass is 10.1. The molecule has 4 rings (SSSR count). The zero-order valence-corrected chi connectivity index (χ0v) is 18.6. The van der Waals surface area contributed by atoms with Crippen LogP contribution in [-0.2, 0) is 11.3 Å². The maximum atomic E-state index is 12.5. The van der Waals surface area contributed by atoms with Crippen LogP contribution in [0.4, 0.5) is 4.79 Å². The predicted octanol–water partition coefficient (Wildman–Crippen LogP) is 3.96. The number of rotatable bonds is 6. The van der Waals surface area contributed by atoms with Crippen LogP contribution < -0.4 is 5.76 Å². The first-order chi connectivity index (χ1) is 15.4. The molecule has 0 atom stereocenters. The highest BCUT2D eigenvalue weighted by atomic mass is 35.5. The highest BCUT2D eigenvalue weighted by Crippen LogP contribution is 2.22. The van der Waals surface area contributed by atoms with E-state index in [0.717, 1.165) is 0 Å². The minimum Gasteiger partial charge on any atom is -0.444 e. The number of carbonyl (C=O) groups excluding carboxylic acids is 2. The average Bonchev–Trinajstić information content (AvgIpc) is 3.16. The van der Waals surface area contributed by atoms with Gasteiger partial charge in [0.05, 0.1) is 5.52 Å². The molecule has 1 aliphatic heterocycles. The molecule has 168 valence electrons. The number of oxazole rings is 1. The molecule has 3 aromatic rings. The molecule has 1 saturated heterocycles. The van der Waals surface area contributed by atoms with Gasteiger partial charge in [0.1, 0.15) is 6.61 Å². The number of fused-ring (bicyclic) bond motifs is 1. The minimum atomic E-state index is -0.544. The lowest BCUT2D eigenvalue weighted by Crippen LogP contribution is -2.49. The van der Waals surface area contributed by atoms with Crippen LogP contribution in [0.2, 0.25) is 10.0 Å². The quantitative estimate of drug-likeness (QED) is 0.539. The summed E-state index contributed by atoms with van der Waals surface area (Å²) in [5.74, 6) is -0.574. The average molecular weight is 478 g/mol. The first-order valence-corrected chi connectivity index (χ1v) is 10.9. The SMILES string of the molecule is O=C(CCN1CCN(C(=O)OCc2ccc(Cl)cc2Cl)CC1)c1ccc2[nH]c(=O)oc2c1. The number of carbonyl (C=O) groups is 2. The van der Waals surface area contributed by atoms with Gasteiger partial charge in [-0.25, -0.2) is 9.59 Å². The number of piperazine rings is 1. The Bertz CT molecular complexity index is 1200. The number of hydrogen-bond acceptors (Lipinski definition) is 6. The van der Waals surface area contributed by atoms with Crippen molar-refractivity contribution in [3.05, 3.63) is 68.1 Å². The topological polar surface area (TPSA) is 95.9 Å². The first kappa shape index (κ1) is 22.4. The maximum absolute atomic E-state index is 12.5. The Balaban J connectivity index is 1.22. The van der Waals surface area contributed by atoms with E-state index < -0.39 is 11.8 Å². The van der Waals surface area contributed by atoms with Crippen molar-refractivity contribution in [2.75, 3.05) is 32.7 Å². The molecule has 1 aromatic heterocycles. The molecule has 0 aliphatic carbocycles. The largest absolute Gasteiger partial charge is 0.444 e. The number of nitrogens with one attached hydrogen (secondary N) is 1. The number of halogens is 2. The molecule has 1 aliphatic rings. The molecule has 0 saturated carbocycles. The van der Waals surface area contributed by atoms with E-state index in [-0.39, 0.29) is 12.4 Å². The lowest BCUT2D eigenvalue weighted by Gasteiger charge is -2.33. The van der Waals surface area contributed by atoms with Gasteiger partial charge in [-0.1, -0.05) is 29.3 Å². The number of ketones is 1. The summed E-state index contributed by atoms with van der Waals surface area (Å²) in [6.07, 6.45) is -0.0623. The molecule has 2 heterocycles. The second-order valence-corrected chi connectivity index (χ2v) is 8.36. The van der Waals surface area contributed by atoms with Crippen molar-refractivity contribution in [2.45, 2.75) is 13.0 Å². The smallest absolute Gasteiger partial charge is 0.417 e. The first-order valence-electron chi connectivity index (χ1n) is 10.1. The fourth-order valence-electron chi connectivity index (χ4n) is 3.55. The fraction of sp³-hybridized carbons (Fsp3) is 0.318. The highest BCUT2D eigenvalue weighted by Gasteiger charge is 2.23. The Hall–Kier alpha value is -2.81. The molecule has 0 radical (unpaired) electrons. The molecule has 8 nitrogen and oxygen atoms in total. The van der Waals surface area contributed by atoms with E-state index in [0.29, 0.717) is 71.4 Å². The fourth-order valence-corrected chi connectivity index (χ4v) is 4.01. The second-order valence-electron chi connectivity index (χ2n) is 7.52. The monoisotopic (exact) mass is 477 g/mol. The van der Waals surface area contributed by atoms with Gasteiger partial charge in [-0.3, -0.25) is 14.7 Å². The van der Waals surface area contributed by atoms with Crippen molar-refractivity contribution in [2.24, 2.45) is 0 Å². The predicted molar refractivity (Wildman–Crippen MR) is 120 cm³/mol. The molecule has 0 unspecified atom stereocenters. The minimum absolute atomic E-state index is 0.0302. The molecular formula is C22H21Cl2N3O5. The van der Waals surface area contributed by atoms with Crippen LogP contribution in [-0.4, -0.2) is 59.4 Å². The Morgan fingerprint density at radius 1 is 1.06 bits per heavy atom. The number of benzene rings is 2. The van der Waals surface area contributed by atoms with Gasteiger partial charge in [-0.2, -0.15) is 0 Å². The van der Waals surface area contributed by atoms with Crippen molar-refractivity contribution >= 4 is 46.2 Å². The summed E-state index contributed by atoms with van der Waals surface area (Å²) in [5, 5.41) is 0.980. The molecular weight excluding hydrogens is 457 g/mol. The number of hydrogen-bond donors (Lipinski definition) is 1. The van der Waals surface area contributed by atoms with Gasteiger partial charge >= 0.3 is 11.8 Å². The van der Waals surface area contributed by atoms with Crippen molar-refractivity contribution < 1.29 is 18.7 Å². The molecule has 1 fully saturated rings. The van der Waals surface area contributed by atoms with Gasteiger partial charge in [-0.15, -0.1) is 0 Å². The highest BCUT2D eigenvalue weighted by molar-refractivity contribution is 6.35. The molecule has 32 heavy (non-hydrogen) atoms. The van der Waals surface area contributed by atoms with Crippen molar-refractivity contribution in [3.8, 4) is 0 Å². The molecule has 10 heteroatoms. The summed E-state index contributed by atoms with van der Waals surface area (Å²) in [4.78, 5) is 42.4. The van der Waals surface area contributed by atoms with Crippen LogP contribution in [0.5, 0.6) is 0 Å². The maximum Gasteiger partial charge on any atom is 0.417 e. The molecule has 1 N–H and O–H groups in total. The molecule has 2 aromatic carbocycles. The third-order valence-electron chi connectivity index (χ3n) is 5.39. The zero-order chi connectivity index (χ0) is 22.7. The number of aromatic amines is 1. The van der Waals surface area contributed by atoms with E-state index in [1.54, 1.807) is 41.3 Å². The summed E-state index contributed by atoms with van der Waals surface area (Å²) < 4.78 is 10.4. The van der Waals surface area contributed by atoms with Crippen LogP contribution in [0.3, 0.4) is 0 Å². The summed E-state index contributed by atoms with van der Waals surface area (Å²) in [5.41, 5.74) is 2.13. The van der Waals surface area contributed by atoms with Crippen LogP contribution in [0.1, 0.15) is 22.3 Å². The lowest BCUT2D eigenvalue weighted by molar-refractivity contribution is 0.0697. The van der Waals surface area contributed by atoms with Crippen molar-refractivity contribution in [1.29, 1.82) is 0 Å². The van der Waals surface area contributed by atoms with Crippen molar-refractivity contribution in [3.63, 3.8) is 0 Å².